The molecule has 2 aromatic rings. The van der Waals surface area contributed by atoms with Gasteiger partial charge in [-0.1, -0.05) is 6.07 Å². The molecule has 0 bridgehead atoms. The number of imide groups is 2. The molecule has 1 heterocycles. The number of nitro groups is 1. The number of amides is 4. The van der Waals surface area contributed by atoms with E-state index in [1.807, 2.05) is 0 Å². The number of carbonyl (C=O) groups is 3. The number of nitrogens with one attached hydrogen (secondary N) is 1. The van der Waals surface area contributed by atoms with Crippen molar-refractivity contribution in [2.75, 3.05) is 18.1 Å². The Morgan fingerprint density at radius 1 is 1.09 bits per heavy atom. The molecule has 0 unspecified atom stereocenters. The molecule has 166 valence electrons. The van der Waals surface area contributed by atoms with Crippen LogP contribution in [0.1, 0.15) is 19.4 Å². The highest BCUT2D eigenvalue weighted by molar-refractivity contribution is 6.39. The summed E-state index contributed by atoms with van der Waals surface area (Å²) in [5.74, 6) is -1.82. The summed E-state index contributed by atoms with van der Waals surface area (Å²) in [6, 6.07) is 6.91. The van der Waals surface area contributed by atoms with Gasteiger partial charge in [-0.05, 0) is 43.7 Å². The molecule has 0 atom stereocenters. The lowest BCUT2D eigenvalue weighted by molar-refractivity contribution is -0.385. The third-order valence-electron chi connectivity index (χ3n) is 4.39. The molecule has 2 aromatic carbocycles. The number of hydrogen-bond acceptors (Lipinski definition) is 8. The molecule has 0 aliphatic carbocycles. The zero-order chi connectivity index (χ0) is 23.4. The van der Waals surface area contributed by atoms with Gasteiger partial charge in [0.25, 0.3) is 11.8 Å². The van der Waals surface area contributed by atoms with Crippen LogP contribution in [0.5, 0.6) is 17.2 Å². The normalized spacial score (nSPS) is 15.0. The van der Waals surface area contributed by atoms with Crippen LogP contribution in [0.15, 0.2) is 42.0 Å². The molecule has 11 heteroatoms. The van der Waals surface area contributed by atoms with Crippen molar-refractivity contribution in [3.63, 3.8) is 0 Å². The van der Waals surface area contributed by atoms with E-state index in [4.69, 9.17) is 9.47 Å². The van der Waals surface area contributed by atoms with Crippen LogP contribution in [0.4, 0.5) is 16.2 Å². The number of carbonyl (C=O) groups excluding carboxylic acids is 3. The van der Waals surface area contributed by atoms with Gasteiger partial charge in [0.05, 0.1) is 23.8 Å². The van der Waals surface area contributed by atoms with E-state index in [2.05, 4.69) is 5.32 Å². The number of phenolic OH excluding ortho intramolecular Hbond substituents is 1. The van der Waals surface area contributed by atoms with Crippen LogP contribution >= 0.6 is 0 Å². The monoisotopic (exact) mass is 441 g/mol. The Hall–Kier alpha value is -4.41. The van der Waals surface area contributed by atoms with E-state index in [9.17, 15) is 29.6 Å². The Morgan fingerprint density at radius 3 is 2.47 bits per heavy atom. The average Bonchev–Trinajstić information content (AvgIpc) is 2.73. The zero-order valence-electron chi connectivity index (χ0n) is 17.2. The number of urea groups is 1. The second kappa shape index (κ2) is 9.16. The SMILES string of the molecule is CCOc1ccc(N2C(=O)NC(=O)/C(=C\c3ccc(O)c([N+](=O)[O-])c3)C2=O)c(OCC)c1. The third kappa shape index (κ3) is 4.36. The summed E-state index contributed by atoms with van der Waals surface area (Å²) in [6.45, 7) is 4.16. The van der Waals surface area contributed by atoms with Crippen LogP contribution in [0.3, 0.4) is 0 Å². The lowest BCUT2D eigenvalue weighted by Crippen LogP contribution is -2.54. The molecule has 32 heavy (non-hydrogen) atoms. The van der Waals surface area contributed by atoms with Crippen LogP contribution in [0.25, 0.3) is 6.08 Å². The van der Waals surface area contributed by atoms with Crippen molar-refractivity contribution in [2.45, 2.75) is 13.8 Å². The van der Waals surface area contributed by atoms with Crippen molar-refractivity contribution in [3.8, 4) is 17.2 Å². The fourth-order valence-corrected chi connectivity index (χ4v) is 3.03. The van der Waals surface area contributed by atoms with E-state index >= 15 is 0 Å². The van der Waals surface area contributed by atoms with E-state index < -0.39 is 39.8 Å². The summed E-state index contributed by atoms with van der Waals surface area (Å²) in [6.07, 6.45) is 1.10. The minimum atomic E-state index is -0.973. The average molecular weight is 441 g/mol. The largest absolute Gasteiger partial charge is 0.502 e. The van der Waals surface area contributed by atoms with Crippen LogP contribution in [-0.4, -0.2) is 41.1 Å². The molecule has 1 aliphatic heterocycles. The van der Waals surface area contributed by atoms with Crippen LogP contribution in [0, 0.1) is 10.1 Å². The maximum Gasteiger partial charge on any atom is 0.336 e. The molecule has 0 aromatic heterocycles. The van der Waals surface area contributed by atoms with Gasteiger partial charge in [-0.25, -0.2) is 9.69 Å². The number of ether oxygens (including phenoxy) is 2. The molecule has 0 spiro atoms. The van der Waals surface area contributed by atoms with Crippen molar-refractivity contribution < 1.29 is 33.9 Å². The van der Waals surface area contributed by atoms with Gasteiger partial charge in [0.1, 0.15) is 17.1 Å². The number of barbiturate groups is 1. The Labute approximate surface area is 182 Å². The predicted molar refractivity (Wildman–Crippen MR) is 113 cm³/mol. The van der Waals surface area contributed by atoms with Crippen molar-refractivity contribution in [1.29, 1.82) is 0 Å². The van der Waals surface area contributed by atoms with Gasteiger partial charge in [-0.3, -0.25) is 25.0 Å². The first-order chi connectivity index (χ1) is 15.3. The number of phenols is 1. The third-order valence-corrected chi connectivity index (χ3v) is 4.39. The molecule has 1 saturated heterocycles. The lowest BCUT2D eigenvalue weighted by Gasteiger charge is -2.28. The molecule has 3 rings (SSSR count). The molecule has 11 nitrogen and oxygen atoms in total. The second-order valence-corrected chi connectivity index (χ2v) is 6.46. The Kier molecular flexibility index (Phi) is 6.38. The number of nitrogens with zero attached hydrogens (tertiary/aromatic N) is 2. The van der Waals surface area contributed by atoms with Gasteiger partial charge < -0.3 is 14.6 Å². The minimum absolute atomic E-state index is 0.0906. The molecule has 1 fully saturated rings. The standard InChI is InChI=1S/C21H19N3O8/c1-3-31-13-6-7-15(18(11-13)32-4-2)23-20(27)14(19(26)22-21(23)28)9-12-5-8-17(25)16(10-12)24(29)30/h5-11,25H,3-4H2,1-2H3,(H,22,26,28)/b14-9+. The lowest BCUT2D eigenvalue weighted by atomic mass is 10.1. The highest BCUT2D eigenvalue weighted by Gasteiger charge is 2.38. The summed E-state index contributed by atoms with van der Waals surface area (Å²) < 4.78 is 11.0. The summed E-state index contributed by atoms with van der Waals surface area (Å²) >= 11 is 0. The predicted octanol–water partition coefficient (Wildman–Crippen LogP) is 2.76. The number of anilines is 1. The minimum Gasteiger partial charge on any atom is -0.502 e. The van der Waals surface area contributed by atoms with Gasteiger partial charge >= 0.3 is 11.7 Å². The van der Waals surface area contributed by atoms with Crippen LogP contribution in [0.2, 0.25) is 0 Å². The summed E-state index contributed by atoms with van der Waals surface area (Å²) in [4.78, 5) is 49.0. The van der Waals surface area contributed by atoms with E-state index in [1.54, 1.807) is 19.9 Å². The van der Waals surface area contributed by atoms with E-state index in [1.165, 1.54) is 18.2 Å². The smallest absolute Gasteiger partial charge is 0.336 e. The van der Waals surface area contributed by atoms with Crippen molar-refractivity contribution in [1.82, 2.24) is 5.32 Å². The summed E-state index contributed by atoms with van der Waals surface area (Å²) in [7, 11) is 0. The van der Waals surface area contributed by atoms with Crippen molar-refractivity contribution in [3.05, 3.63) is 57.6 Å². The maximum absolute atomic E-state index is 13.1. The zero-order valence-corrected chi connectivity index (χ0v) is 17.2. The van der Waals surface area contributed by atoms with E-state index in [0.29, 0.717) is 12.4 Å². The molecular weight excluding hydrogens is 422 g/mol. The summed E-state index contributed by atoms with van der Waals surface area (Å²) in [5, 5.41) is 22.7. The second-order valence-electron chi connectivity index (χ2n) is 6.46. The number of benzene rings is 2. The van der Waals surface area contributed by atoms with Gasteiger partial charge in [-0.15, -0.1) is 0 Å². The van der Waals surface area contributed by atoms with E-state index in [-0.39, 0.29) is 23.6 Å². The first-order valence-corrected chi connectivity index (χ1v) is 9.55. The fourth-order valence-electron chi connectivity index (χ4n) is 3.03. The molecule has 1 aliphatic rings. The fraction of sp³-hybridized carbons (Fsp3) is 0.190. The van der Waals surface area contributed by atoms with Crippen LogP contribution < -0.4 is 19.7 Å². The number of rotatable bonds is 7. The topological polar surface area (TPSA) is 148 Å². The Balaban J connectivity index is 2.05. The molecule has 0 saturated carbocycles. The number of nitro benzene ring substituents is 1. The number of hydrogen-bond donors (Lipinski definition) is 2. The molecule has 4 amide bonds. The highest BCUT2D eigenvalue weighted by atomic mass is 16.6. The van der Waals surface area contributed by atoms with Crippen molar-refractivity contribution in [2.24, 2.45) is 0 Å². The quantitative estimate of drug-likeness (QED) is 0.288. The number of aromatic hydroxyl groups is 1. The molecule has 0 radical (unpaired) electrons. The first kappa shape index (κ1) is 22.3. The van der Waals surface area contributed by atoms with Gasteiger partial charge in [0.2, 0.25) is 0 Å². The Morgan fingerprint density at radius 2 is 1.81 bits per heavy atom. The van der Waals surface area contributed by atoms with Crippen LogP contribution in [-0.2, 0) is 9.59 Å². The van der Waals surface area contributed by atoms with Gasteiger partial charge in [0.15, 0.2) is 5.75 Å². The Bertz CT molecular complexity index is 1140. The van der Waals surface area contributed by atoms with E-state index in [0.717, 1.165) is 23.1 Å². The first-order valence-electron chi connectivity index (χ1n) is 9.55. The maximum atomic E-state index is 13.1. The van der Waals surface area contributed by atoms with Gasteiger partial charge in [-0.2, -0.15) is 0 Å². The van der Waals surface area contributed by atoms with Gasteiger partial charge in [0, 0.05) is 12.1 Å². The molecular formula is C21H19N3O8. The molecule has 2 N–H and O–H groups in total. The summed E-state index contributed by atoms with van der Waals surface area (Å²) in [5.41, 5.74) is -0.825. The highest BCUT2D eigenvalue weighted by Crippen LogP contribution is 2.35. The van der Waals surface area contributed by atoms with Crippen molar-refractivity contribution >= 4 is 35.3 Å².